The van der Waals surface area contributed by atoms with Crippen molar-refractivity contribution in [3.05, 3.63) is 65.2 Å². The molecule has 4 nitrogen and oxygen atoms in total. The first kappa shape index (κ1) is 15.3. The number of para-hydroxylation sites is 2. The molecule has 0 atom stereocenters. The second kappa shape index (κ2) is 7.09. The number of nitriles is 1. The molecule has 110 valence electrons. The number of carbonyl (C=O) groups excluding carboxylic acids is 1. The van der Waals surface area contributed by atoms with Crippen LogP contribution in [0.1, 0.15) is 11.1 Å². The molecular formula is C18H16N2O2. The molecule has 0 saturated carbocycles. The summed E-state index contributed by atoms with van der Waals surface area (Å²) >= 11 is 0. The number of nitrogens with zero attached hydrogens (tertiary/aromatic N) is 1. The molecular weight excluding hydrogens is 276 g/mol. The molecule has 1 N–H and O–H groups in total. The van der Waals surface area contributed by atoms with E-state index >= 15 is 0 Å². The zero-order valence-electron chi connectivity index (χ0n) is 12.5. The molecule has 1 amide bonds. The summed E-state index contributed by atoms with van der Waals surface area (Å²) in [4.78, 5) is 12.2. The molecule has 0 fully saturated rings. The van der Waals surface area contributed by atoms with E-state index in [2.05, 4.69) is 5.32 Å². The minimum absolute atomic E-state index is 0.0384. The quantitative estimate of drug-likeness (QED) is 0.692. The summed E-state index contributed by atoms with van der Waals surface area (Å²) in [6.45, 7) is 1.96. The van der Waals surface area contributed by atoms with Gasteiger partial charge < -0.3 is 10.1 Å². The molecule has 0 aromatic heterocycles. The van der Waals surface area contributed by atoms with Crippen LogP contribution in [0.4, 0.5) is 5.69 Å². The number of amides is 1. The lowest BCUT2D eigenvalue weighted by molar-refractivity contribution is -0.112. The van der Waals surface area contributed by atoms with Crippen molar-refractivity contribution in [1.29, 1.82) is 5.26 Å². The third-order valence-corrected chi connectivity index (χ3v) is 3.07. The van der Waals surface area contributed by atoms with E-state index in [1.165, 1.54) is 7.11 Å². The number of hydrogen-bond acceptors (Lipinski definition) is 3. The van der Waals surface area contributed by atoms with Crippen LogP contribution >= 0.6 is 0 Å². The van der Waals surface area contributed by atoms with Crippen LogP contribution in [0.25, 0.3) is 6.08 Å². The van der Waals surface area contributed by atoms with Crippen LogP contribution in [0.15, 0.2) is 54.1 Å². The summed E-state index contributed by atoms with van der Waals surface area (Å²) in [5.74, 6) is 0.0807. The Hall–Kier alpha value is -3.06. The van der Waals surface area contributed by atoms with Gasteiger partial charge in [0, 0.05) is 0 Å². The van der Waals surface area contributed by atoms with Gasteiger partial charge in [-0.25, -0.2) is 0 Å². The number of hydrogen-bond donors (Lipinski definition) is 1. The molecule has 0 bridgehead atoms. The second-order valence-corrected chi connectivity index (χ2v) is 4.74. The summed E-state index contributed by atoms with van der Waals surface area (Å²) in [7, 11) is 1.53. The van der Waals surface area contributed by atoms with Crippen molar-refractivity contribution in [2.45, 2.75) is 6.92 Å². The highest BCUT2D eigenvalue weighted by molar-refractivity contribution is 6.10. The van der Waals surface area contributed by atoms with Crippen LogP contribution in [0.2, 0.25) is 0 Å². The molecule has 0 spiro atoms. The van der Waals surface area contributed by atoms with Gasteiger partial charge in [0.2, 0.25) is 0 Å². The lowest BCUT2D eigenvalue weighted by Gasteiger charge is -2.09. The minimum Gasteiger partial charge on any atom is -0.495 e. The number of benzene rings is 2. The average molecular weight is 292 g/mol. The van der Waals surface area contributed by atoms with E-state index in [9.17, 15) is 10.1 Å². The molecule has 0 aliphatic carbocycles. The fourth-order valence-electron chi connectivity index (χ4n) is 2.01. The van der Waals surface area contributed by atoms with Crippen molar-refractivity contribution in [3.63, 3.8) is 0 Å². The standard InChI is InChI=1S/C18H16N2O2/c1-13-6-5-7-14(10-13)11-15(12-19)18(21)20-16-8-3-4-9-17(16)22-2/h3-11H,1-2H3,(H,20,21)/b15-11+. The van der Waals surface area contributed by atoms with Gasteiger partial charge in [0.15, 0.2) is 0 Å². The zero-order chi connectivity index (χ0) is 15.9. The predicted octanol–water partition coefficient (Wildman–Crippen LogP) is 3.55. The molecule has 0 aliphatic rings. The third kappa shape index (κ3) is 3.74. The van der Waals surface area contributed by atoms with Gasteiger partial charge in [-0.15, -0.1) is 0 Å². The van der Waals surface area contributed by atoms with Crippen molar-refractivity contribution in [3.8, 4) is 11.8 Å². The van der Waals surface area contributed by atoms with Crippen molar-refractivity contribution in [2.75, 3.05) is 12.4 Å². The fourth-order valence-corrected chi connectivity index (χ4v) is 2.01. The van der Waals surface area contributed by atoms with Crippen LogP contribution in [-0.4, -0.2) is 13.0 Å². The number of anilines is 1. The van der Waals surface area contributed by atoms with Gasteiger partial charge in [-0.3, -0.25) is 4.79 Å². The van der Waals surface area contributed by atoms with Crippen molar-refractivity contribution < 1.29 is 9.53 Å². The molecule has 2 aromatic carbocycles. The molecule has 0 radical (unpaired) electrons. The van der Waals surface area contributed by atoms with Crippen molar-refractivity contribution in [1.82, 2.24) is 0 Å². The number of methoxy groups -OCH3 is 1. The highest BCUT2D eigenvalue weighted by Gasteiger charge is 2.12. The van der Waals surface area contributed by atoms with Crippen LogP contribution < -0.4 is 10.1 Å². The van der Waals surface area contributed by atoms with Crippen LogP contribution in [0.3, 0.4) is 0 Å². The van der Waals surface area contributed by atoms with E-state index < -0.39 is 5.91 Å². The topological polar surface area (TPSA) is 62.1 Å². The highest BCUT2D eigenvalue weighted by Crippen LogP contribution is 2.23. The predicted molar refractivity (Wildman–Crippen MR) is 86.4 cm³/mol. The molecule has 0 heterocycles. The lowest BCUT2D eigenvalue weighted by Crippen LogP contribution is -2.14. The van der Waals surface area contributed by atoms with Gasteiger partial charge in [-0.1, -0.05) is 42.0 Å². The maximum atomic E-state index is 12.2. The average Bonchev–Trinajstić information content (AvgIpc) is 2.53. The first-order chi connectivity index (χ1) is 10.6. The second-order valence-electron chi connectivity index (χ2n) is 4.74. The Kier molecular flexibility index (Phi) is 4.94. The maximum absolute atomic E-state index is 12.2. The van der Waals surface area contributed by atoms with Gasteiger partial charge in [-0.2, -0.15) is 5.26 Å². The molecule has 2 aromatic rings. The molecule has 0 unspecified atom stereocenters. The minimum atomic E-state index is -0.464. The lowest BCUT2D eigenvalue weighted by atomic mass is 10.1. The fraction of sp³-hybridized carbons (Fsp3) is 0.111. The first-order valence-corrected chi connectivity index (χ1v) is 6.77. The Morgan fingerprint density at radius 2 is 2.00 bits per heavy atom. The number of rotatable bonds is 4. The Balaban J connectivity index is 2.25. The van der Waals surface area contributed by atoms with E-state index in [-0.39, 0.29) is 5.57 Å². The first-order valence-electron chi connectivity index (χ1n) is 6.77. The van der Waals surface area contributed by atoms with Crippen LogP contribution in [-0.2, 0) is 4.79 Å². The largest absolute Gasteiger partial charge is 0.495 e. The monoisotopic (exact) mass is 292 g/mol. The third-order valence-electron chi connectivity index (χ3n) is 3.07. The Labute approximate surface area is 129 Å². The maximum Gasteiger partial charge on any atom is 0.266 e. The van der Waals surface area contributed by atoms with Gasteiger partial charge in [0.05, 0.1) is 12.8 Å². The van der Waals surface area contributed by atoms with E-state index in [0.29, 0.717) is 11.4 Å². The Bertz CT molecular complexity index is 758. The van der Waals surface area contributed by atoms with Gasteiger partial charge in [0.25, 0.3) is 5.91 Å². The number of ether oxygens (including phenoxy) is 1. The van der Waals surface area contributed by atoms with E-state index in [4.69, 9.17) is 4.74 Å². The SMILES string of the molecule is COc1ccccc1NC(=O)/C(C#N)=C/c1cccc(C)c1. The summed E-state index contributed by atoms with van der Waals surface area (Å²) in [5.41, 5.74) is 2.44. The van der Waals surface area contributed by atoms with Gasteiger partial charge >= 0.3 is 0 Å². The molecule has 4 heteroatoms. The van der Waals surface area contributed by atoms with E-state index in [0.717, 1.165) is 11.1 Å². The van der Waals surface area contributed by atoms with E-state index in [1.807, 2.05) is 43.3 Å². The molecule has 0 aliphatic heterocycles. The highest BCUT2D eigenvalue weighted by atomic mass is 16.5. The zero-order valence-corrected chi connectivity index (χ0v) is 12.5. The van der Waals surface area contributed by atoms with Crippen molar-refractivity contribution in [2.24, 2.45) is 0 Å². The summed E-state index contributed by atoms with van der Waals surface area (Å²) in [6, 6.07) is 16.6. The Morgan fingerprint density at radius 3 is 2.68 bits per heavy atom. The van der Waals surface area contributed by atoms with E-state index in [1.54, 1.807) is 24.3 Å². The normalized spacial score (nSPS) is 10.7. The van der Waals surface area contributed by atoms with Crippen LogP contribution in [0, 0.1) is 18.3 Å². The molecule has 0 saturated heterocycles. The van der Waals surface area contributed by atoms with Crippen LogP contribution in [0.5, 0.6) is 5.75 Å². The van der Waals surface area contributed by atoms with Gasteiger partial charge in [-0.05, 0) is 30.7 Å². The summed E-state index contributed by atoms with van der Waals surface area (Å²) in [5, 5.41) is 11.9. The molecule has 2 rings (SSSR count). The molecule has 22 heavy (non-hydrogen) atoms. The summed E-state index contributed by atoms with van der Waals surface area (Å²) in [6.07, 6.45) is 1.57. The Morgan fingerprint density at radius 1 is 1.23 bits per heavy atom. The van der Waals surface area contributed by atoms with Gasteiger partial charge in [0.1, 0.15) is 17.4 Å². The van der Waals surface area contributed by atoms with Crippen molar-refractivity contribution >= 4 is 17.7 Å². The smallest absolute Gasteiger partial charge is 0.266 e. The number of nitrogens with one attached hydrogen (secondary N) is 1. The number of carbonyl (C=O) groups is 1. The number of aryl methyl sites for hydroxylation is 1. The summed E-state index contributed by atoms with van der Waals surface area (Å²) < 4.78 is 5.18.